The molecule has 1 N–H and O–H groups in total. The quantitative estimate of drug-likeness (QED) is 0.788. The van der Waals surface area contributed by atoms with Crippen LogP contribution < -0.4 is 5.32 Å². The number of hydrogen-bond donors (Lipinski definition) is 1. The maximum absolute atomic E-state index is 12.0. The average Bonchev–Trinajstić information content (AvgIpc) is 2.53. The second kappa shape index (κ2) is 5.52. The Morgan fingerprint density at radius 2 is 2.19 bits per heavy atom. The maximum Gasteiger partial charge on any atom is 0.390 e. The molecule has 0 saturated carbocycles. The first-order chi connectivity index (χ1) is 7.44. The summed E-state index contributed by atoms with van der Waals surface area (Å²) in [7, 11) is 0. The Hall–Kier alpha value is -0.780. The van der Waals surface area contributed by atoms with Crippen molar-refractivity contribution >= 4 is 5.91 Å². The van der Waals surface area contributed by atoms with Crippen molar-refractivity contribution in [1.29, 1.82) is 0 Å². The van der Waals surface area contributed by atoms with Crippen molar-refractivity contribution in [3.8, 4) is 0 Å². The third kappa shape index (κ3) is 4.00. The fourth-order valence-corrected chi connectivity index (χ4v) is 1.73. The molecule has 1 aliphatic heterocycles. The van der Waals surface area contributed by atoms with E-state index in [9.17, 15) is 18.0 Å². The predicted molar refractivity (Wildman–Crippen MR) is 54.0 cm³/mol. The molecule has 6 heteroatoms. The summed E-state index contributed by atoms with van der Waals surface area (Å²) in [6.07, 6.45) is -3.59. The van der Waals surface area contributed by atoms with Gasteiger partial charge in [-0.05, 0) is 19.4 Å². The van der Waals surface area contributed by atoms with E-state index < -0.39 is 12.6 Å². The molecule has 3 nitrogen and oxygen atoms in total. The summed E-state index contributed by atoms with van der Waals surface area (Å²) in [5.41, 5.74) is 0. The molecule has 1 fully saturated rings. The molecule has 1 rings (SSSR count). The molecule has 1 unspecified atom stereocenters. The lowest BCUT2D eigenvalue weighted by Gasteiger charge is -2.17. The highest BCUT2D eigenvalue weighted by atomic mass is 19.4. The van der Waals surface area contributed by atoms with Gasteiger partial charge in [-0.3, -0.25) is 4.79 Å². The Morgan fingerprint density at radius 3 is 2.75 bits per heavy atom. The molecule has 1 amide bonds. The number of amides is 1. The summed E-state index contributed by atoms with van der Waals surface area (Å²) in [6, 6.07) is -0.284. The average molecular weight is 238 g/mol. The molecule has 16 heavy (non-hydrogen) atoms. The van der Waals surface area contributed by atoms with E-state index in [2.05, 4.69) is 5.32 Å². The second-order valence-electron chi connectivity index (χ2n) is 3.99. The van der Waals surface area contributed by atoms with Crippen LogP contribution in [0.2, 0.25) is 0 Å². The molecule has 0 radical (unpaired) electrons. The van der Waals surface area contributed by atoms with Gasteiger partial charge in [0.1, 0.15) is 0 Å². The Morgan fingerprint density at radius 1 is 1.50 bits per heavy atom. The van der Waals surface area contributed by atoms with E-state index in [1.807, 2.05) is 6.92 Å². The molecular formula is C10H17F3N2O. The van der Waals surface area contributed by atoms with Crippen LogP contribution >= 0.6 is 0 Å². The monoisotopic (exact) mass is 238 g/mol. The summed E-state index contributed by atoms with van der Waals surface area (Å²) in [4.78, 5) is 12.9. The molecule has 1 aliphatic rings. The number of carbonyl (C=O) groups excluding carboxylic acids is 1. The fourth-order valence-electron chi connectivity index (χ4n) is 1.73. The fraction of sp³-hybridized carbons (Fsp3) is 0.900. The van der Waals surface area contributed by atoms with Crippen LogP contribution in [0, 0.1) is 0 Å². The second-order valence-corrected chi connectivity index (χ2v) is 3.99. The Bertz CT molecular complexity index is 243. The molecule has 0 aromatic carbocycles. The van der Waals surface area contributed by atoms with E-state index >= 15 is 0 Å². The van der Waals surface area contributed by atoms with E-state index in [-0.39, 0.29) is 18.5 Å². The van der Waals surface area contributed by atoms with Gasteiger partial charge in [-0.2, -0.15) is 13.2 Å². The number of rotatable bonds is 5. The lowest BCUT2D eigenvalue weighted by molar-refractivity contribution is -0.143. The molecule has 0 aromatic heterocycles. The van der Waals surface area contributed by atoms with Gasteiger partial charge in [-0.25, -0.2) is 0 Å². The van der Waals surface area contributed by atoms with E-state index in [1.165, 1.54) is 4.90 Å². The zero-order chi connectivity index (χ0) is 12.2. The van der Waals surface area contributed by atoms with Gasteiger partial charge in [0.25, 0.3) is 0 Å². The minimum atomic E-state index is -4.19. The van der Waals surface area contributed by atoms with Gasteiger partial charge in [-0.15, -0.1) is 0 Å². The largest absolute Gasteiger partial charge is 0.390 e. The summed E-state index contributed by atoms with van der Waals surface area (Å²) >= 11 is 0. The summed E-state index contributed by atoms with van der Waals surface area (Å²) in [5, 5.41) is 3.04. The summed E-state index contributed by atoms with van der Waals surface area (Å²) < 4.78 is 35.9. The molecule has 1 heterocycles. The smallest absolute Gasteiger partial charge is 0.341 e. The molecule has 0 aliphatic carbocycles. The van der Waals surface area contributed by atoms with Crippen LogP contribution in [-0.4, -0.2) is 42.7 Å². The van der Waals surface area contributed by atoms with Crippen LogP contribution in [0.1, 0.15) is 26.2 Å². The standard InChI is InChI=1S/C10H17F3N2O/c1-2-5-14-8-3-6-15(9(8)16)7-4-10(11,12)13/h8,14H,2-7H2,1H3. The molecule has 0 bridgehead atoms. The number of nitrogens with zero attached hydrogens (tertiary/aromatic N) is 1. The van der Waals surface area contributed by atoms with Crippen LogP contribution in [0.25, 0.3) is 0 Å². The Kier molecular flexibility index (Phi) is 4.58. The van der Waals surface area contributed by atoms with Crippen molar-refractivity contribution < 1.29 is 18.0 Å². The third-order valence-corrected chi connectivity index (χ3v) is 2.60. The van der Waals surface area contributed by atoms with Gasteiger partial charge in [0.2, 0.25) is 5.91 Å². The number of nitrogens with one attached hydrogen (secondary N) is 1. The van der Waals surface area contributed by atoms with Crippen molar-refractivity contribution in [2.24, 2.45) is 0 Å². The normalized spacial score (nSPS) is 21.9. The highest BCUT2D eigenvalue weighted by Gasteiger charge is 2.34. The number of hydrogen-bond acceptors (Lipinski definition) is 2. The van der Waals surface area contributed by atoms with Gasteiger partial charge in [0, 0.05) is 13.1 Å². The molecule has 1 atom stereocenters. The van der Waals surface area contributed by atoms with Crippen molar-refractivity contribution in [3.05, 3.63) is 0 Å². The van der Waals surface area contributed by atoms with Crippen molar-refractivity contribution in [2.45, 2.75) is 38.4 Å². The number of likely N-dealkylation sites (tertiary alicyclic amines) is 1. The number of alkyl halides is 3. The van der Waals surface area contributed by atoms with Crippen LogP contribution in [0.4, 0.5) is 13.2 Å². The summed E-state index contributed by atoms with van der Waals surface area (Å²) in [5.74, 6) is -0.197. The molecule has 1 saturated heterocycles. The Balaban J connectivity index is 2.33. The van der Waals surface area contributed by atoms with Gasteiger partial charge in [-0.1, -0.05) is 6.92 Å². The summed E-state index contributed by atoms with van der Waals surface area (Å²) in [6.45, 7) is 2.92. The number of carbonyl (C=O) groups is 1. The van der Waals surface area contributed by atoms with Crippen LogP contribution in [0.15, 0.2) is 0 Å². The van der Waals surface area contributed by atoms with E-state index in [4.69, 9.17) is 0 Å². The molecule has 0 aromatic rings. The van der Waals surface area contributed by atoms with Gasteiger partial charge in [0.05, 0.1) is 12.5 Å². The molecular weight excluding hydrogens is 221 g/mol. The first kappa shape index (κ1) is 13.3. The minimum Gasteiger partial charge on any atom is -0.341 e. The van der Waals surface area contributed by atoms with Gasteiger partial charge < -0.3 is 10.2 Å². The van der Waals surface area contributed by atoms with Crippen LogP contribution in [0.5, 0.6) is 0 Å². The lowest BCUT2D eigenvalue weighted by Crippen LogP contribution is -2.39. The van der Waals surface area contributed by atoms with E-state index in [0.717, 1.165) is 13.0 Å². The van der Waals surface area contributed by atoms with Gasteiger partial charge >= 0.3 is 6.18 Å². The van der Waals surface area contributed by atoms with Crippen molar-refractivity contribution in [3.63, 3.8) is 0 Å². The van der Waals surface area contributed by atoms with Gasteiger partial charge in [0.15, 0.2) is 0 Å². The van der Waals surface area contributed by atoms with E-state index in [0.29, 0.717) is 13.0 Å². The van der Waals surface area contributed by atoms with Crippen LogP contribution in [-0.2, 0) is 4.79 Å². The first-order valence-electron chi connectivity index (χ1n) is 5.53. The molecule has 94 valence electrons. The maximum atomic E-state index is 12.0. The Labute approximate surface area is 93.0 Å². The SMILES string of the molecule is CCCNC1CCN(CCC(F)(F)F)C1=O. The number of halogens is 3. The molecule has 0 spiro atoms. The van der Waals surface area contributed by atoms with E-state index in [1.54, 1.807) is 0 Å². The topological polar surface area (TPSA) is 32.3 Å². The van der Waals surface area contributed by atoms with Crippen molar-refractivity contribution in [2.75, 3.05) is 19.6 Å². The highest BCUT2D eigenvalue weighted by molar-refractivity contribution is 5.83. The predicted octanol–water partition coefficient (Wildman–Crippen LogP) is 1.54. The zero-order valence-electron chi connectivity index (χ0n) is 9.31. The lowest BCUT2D eigenvalue weighted by atomic mass is 10.2. The minimum absolute atomic E-state index is 0.197. The highest BCUT2D eigenvalue weighted by Crippen LogP contribution is 2.21. The third-order valence-electron chi connectivity index (χ3n) is 2.60. The van der Waals surface area contributed by atoms with Crippen LogP contribution in [0.3, 0.4) is 0 Å². The zero-order valence-corrected chi connectivity index (χ0v) is 9.31. The van der Waals surface area contributed by atoms with Crippen molar-refractivity contribution in [1.82, 2.24) is 10.2 Å². The first-order valence-corrected chi connectivity index (χ1v) is 5.53.